The van der Waals surface area contributed by atoms with Gasteiger partial charge in [-0.1, -0.05) is 12.1 Å². The van der Waals surface area contributed by atoms with Gasteiger partial charge in [-0.15, -0.1) is 0 Å². The molecule has 1 fully saturated rings. The lowest BCUT2D eigenvalue weighted by Crippen LogP contribution is -2.49. The molecule has 0 spiro atoms. The van der Waals surface area contributed by atoms with Crippen molar-refractivity contribution >= 4 is 16.1 Å². The minimum absolute atomic E-state index is 0.130. The summed E-state index contributed by atoms with van der Waals surface area (Å²) in [5.41, 5.74) is 0.701. The zero-order valence-electron chi connectivity index (χ0n) is 13.3. The van der Waals surface area contributed by atoms with Crippen LogP contribution in [0.15, 0.2) is 24.3 Å². The Labute approximate surface area is 136 Å². The number of carbonyl (C=O) groups excluding carboxylic acids is 1. The maximum absolute atomic E-state index is 13.2. The van der Waals surface area contributed by atoms with Crippen LogP contribution in [-0.4, -0.2) is 44.7 Å². The molecule has 1 aromatic carbocycles. The summed E-state index contributed by atoms with van der Waals surface area (Å²) < 4.78 is 38.2. The number of carbonyl (C=O) groups is 1. The van der Waals surface area contributed by atoms with Gasteiger partial charge < -0.3 is 10.2 Å². The lowest BCUT2D eigenvalue weighted by atomic mass is 10.1. The van der Waals surface area contributed by atoms with E-state index < -0.39 is 10.0 Å². The molecule has 2 rings (SSSR count). The van der Waals surface area contributed by atoms with Crippen LogP contribution < -0.4 is 10.0 Å². The second kappa shape index (κ2) is 7.27. The molecule has 1 aromatic rings. The highest BCUT2D eigenvalue weighted by molar-refractivity contribution is 7.88. The Morgan fingerprint density at radius 2 is 2.00 bits per heavy atom. The number of likely N-dealkylation sites (tertiary alicyclic amines) is 1. The van der Waals surface area contributed by atoms with Crippen LogP contribution in [0.4, 0.5) is 9.18 Å². The van der Waals surface area contributed by atoms with Crippen LogP contribution in [0.2, 0.25) is 0 Å². The number of piperidine rings is 1. The fourth-order valence-corrected chi connectivity index (χ4v) is 3.48. The summed E-state index contributed by atoms with van der Waals surface area (Å²) in [6.07, 6.45) is 2.29. The second-order valence-electron chi connectivity index (χ2n) is 5.88. The van der Waals surface area contributed by atoms with Crippen molar-refractivity contribution in [2.24, 2.45) is 0 Å². The molecule has 6 nitrogen and oxygen atoms in total. The number of amides is 2. The van der Waals surface area contributed by atoms with Gasteiger partial charge in [-0.05, 0) is 37.5 Å². The molecule has 2 amide bonds. The molecule has 0 unspecified atom stereocenters. The fraction of sp³-hybridized carbons (Fsp3) is 0.533. The predicted molar refractivity (Wildman–Crippen MR) is 85.9 cm³/mol. The zero-order chi connectivity index (χ0) is 17.0. The van der Waals surface area contributed by atoms with Crippen LogP contribution >= 0.6 is 0 Å². The van der Waals surface area contributed by atoms with Crippen LogP contribution in [0.25, 0.3) is 0 Å². The first-order valence-corrected chi connectivity index (χ1v) is 9.42. The Hall–Kier alpha value is -1.67. The van der Waals surface area contributed by atoms with E-state index in [1.165, 1.54) is 12.1 Å². The Balaban J connectivity index is 1.85. The number of benzene rings is 1. The minimum atomic E-state index is -3.23. The van der Waals surface area contributed by atoms with Gasteiger partial charge in [0.25, 0.3) is 0 Å². The average molecular weight is 343 g/mol. The van der Waals surface area contributed by atoms with E-state index in [1.54, 1.807) is 24.0 Å². The van der Waals surface area contributed by atoms with Gasteiger partial charge in [0.1, 0.15) is 5.82 Å². The maximum Gasteiger partial charge on any atom is 0.317 e. The van der Waals surface area contributed by atoms with Gasteiger partial charge in [-0.3, -0.25) is 0 Å². The smallest absolute Gasteiger partial charge is 0.317 e. The molecule has 1 atom stereocenters. The third kappa shape index (κ3) is 5.47. The molecule has 0 saturated carbocycles. The third-order valence-corrected chi connectivity index (χ3v) is 4.61. The third-order valence-electron chi connectivity index (χ3n) is 3.85. The average Bonchev–Trinajstić information content (AvgIpc) is 2.46. The number of hydrogen-bond acceptors (Lipinski definition) is 3. The van der Waals surface area contributed by atoms with Crippen molar-refractivity contribution in [2.45, 2.75) is 31.8 Å². The van der Waals surface area contributed by atoms with Crippen LogP contribution in [-0.2, 0) is 10.0 Å². The van der Waals surface area contributed by atoms with E-state index in [0.717, 1.165) is 6.26 Å². The lowest BCUT2D eigenvalue weighted by molar-refractivity contribution is 0.177. The summed E-state index contributed by atoms with van der Waals surface area (Å²) in [7, 11) is -3.23. The van der Waals surface area contributed by atoms with E-state index in [9.17, 15) is 17.6 Å². The molecule has 23 heavy (non-hydrogen) atoms. The number of nitrogens with zero attached hydrogens (tertiary/aromatic N) is 1. The van der Waals surface area contributed by atoms with E-state index in [-0.39, 0.29) is 23.9 Å². The van der Waals surface area contributed by atoms with Gasteiger partial charge >= 0.3 is 6.03 Å². The van der Waals surface area contributed by atoms with Gasteiger partial charge in [0.15, 0.2) is 0 Å². The summed E-state index contributed by atoms with van der Waals surface area (Å²) in [6.45, 7) is 2.76. The monoisotopic (exact) mass is 343 g/mol. The van der Waals surface area contributed by atoms with Gasteiger partial charge in [0.05, 0.1) is 12.3 Å². The molecule has 128 valence electrons. The van der Waals surface area contributed by atoms with Crippen molar-refractivity contribution in [1.29, 1.82) is 0 Å². The first-order chi connectivity index (χ1) is 10.7. The highest BCUT2D eigenvalue weighted by Gasteiger charge is 2.25. The first kappa shape index (κ1) is 17.7. The molecular formula is C15H22FN3O3S. The maximum atomic E-state index is 13.2. The Kier molecular flexibility index (Phi) is 5.59. The number of urea groups is 1. The van der Waals surface area contributed by atoms with Gasteiger partial charge in [0, 0.05) is 19.1 Å². The molecule has 0 bridgehead atoms. The number of nitrogens with one attached hydrogen (secondary N) is 2. The quantitative estimate of drug-likeness (QED) is 0.872. The first-order valence-electron chi connectivity index (χ1n) is 7.53. The van der Waals surface area contributed by atoms with Crippen LogP contribution in [0.1, 0.15) is 31.4 Å². The Morgan fingerprint density at radius 1 is 1.35 bits per heavy atom. The zero-order valence-corrected chi connectivity index (χ0v) is 14.1. The van der Waals surface area contributed by atoms with E-state index in [4.69, 9.17) is 0 Å². The topological polar surface area (TPSA) is 78.5 Å². The van der Waals surface area contributed by atoms with Crippen molar-refractivity contribution in [1.82, 2.24) is 14.9 Å². The standard InChI is InChI=1S/C15H22FN3O3S/c1-11(12-4-3-5-13(16)10-12)17-15(20)19-8-6-14(7-9-19)18-23(2,21)22/h3-5,10-11,14,18H,6-9H2,1-2H3,(H,17,20)/t11-/m1/s1. The van der Waals surface area contributed by atoms with Gasteiger partial charge in [-0.2, -0.15) is 0 Å². The molecule has 8 heteroatoms. The van der Waals surface area contributed by atoms with Crippen LogP contribution in [0.3, 0.4) is 0 Å². The summed E-state index contributed by atoms with van der Waals surface area (Å²) in [4.78, 5) is 13.9. The molecule has 1 aliphatic heterocycles. The van der Waals surface area contributed by atoms with Crippen molar-refractivity contribution < 1.29 is 17.6 Å². The van der Waals surface area contributed by atoms with Crippen molar-refractivity contribution in [2.75, 3.05) is 19.3 Å². The Morgan fingerprint density at radius 3 is 2.57 bits per heavy atom. The number of hydrogen-bond donors (Lipinski definition) is 2. The summed E-state index contributed by atoms with van der Waals surface area (Å²) in [5, 5.41) is 2.84. The van der Waals surface area contributed by atoms with Crippen molar-refractivity contribution in [3.05, 3.63) is 35.6 Å². The number of rotatable bonds is 4. The normalized spacial score (nSPS) is 17.8. The number of sulfonamides is 1. The molecule has 1 heterocycles. The van der Waals surface area contributed by atoms with Gasteiger partial charge in [-0.25, -0.2) is 22.3 Å². The molecule has 1 aliphatic rings. The molecule has 0 aliphatic carbocycles. The molecule has 0 radical (unpaired) electrons. The second-order valence-corrected chi connectivity index (χ2v) is 7.66. The number of halogens is 1. The van der Waals surface area contributed by atoms with Crippen molar-refractivity contribution in [3.8, 4) is 0 Å². The van der Waals surface area contributed by atoms with E-state index in [2.05, 4.69) is 10.0 Å². The summed E-state index contributed by atoms with van der Waals surface area (Å²) in [5.74, 6) is -0.337. The van der Waals surface area contributed by atoms with Crippen LogP contribution in [0.5, 0.6) is 0 Å². The van der Waals surface area contributed by atoms with Crippen LogP contribution in [0, 0.1) is 5.82 Å². The Bertz CT molecular complexity index is 658. The predicted octanol–water partition coefficient (Wildman–Crippen LogP) is 1.61. The minimum Gasteiger partial charge on any atom is -0.331 e. The van der Waals surface area contributed by atoms with Gasteiger partial charge in [0.2, 0.25) is 10.0 Å². The lowest BCUT2D eigenvalue weighted by Gasteiger charge is -2.32. The summed E-state index contributed by atoms with van der Waals surface area (Å²) >= 11 is 0. The molecule has 1 saturated heterocycles. The highest BCUT2D eigenvalue weighted by atomic mass is 32.2. The fourth-order valence-electron chi connectivity index (χ4n) is 2.64. The van der Waals surface area contributed by atoms with E-state index >= 15 is 0 Å². The molecule has 0 aromatic heterocycles. The highest BCUT2D eigenvalue weighted by Crippen LogP contribution is 2.16. The molecule has 2 N–H and O–H groups in total. The SMILES string of the molecule is C[C@@H](NC(=O)N1CCC(NS(C)(=O)=O)CC1)c1cccc(F)c1. The molecular weight excluding hydrogens is 321 g/mol. The largest absolute Gasteiger partial charge is 0.331 e. The summed E-state index contributed by atoms with van der Waals surface area (Å²) in [6, 6.07) is 5.47. The van der Waals surface area contributed by atoms with Crippen molar-refractivity contribution in [3.63, 3.8) is 0 Å². The van der Waals surface area contributed by atoms with E-state index in [0.29, 0.717) is 31.5 Å². The van der Waals surface area contributed by atoms with E-state index in [1.807, 2.05) is 0 Å².